The van der Waals surface area contributed by atoms with Crippen LogP contribution in [0.5, 0.6) is 0 Å². The van der Waals surface area contributed by atoms with E-state index in [-0.39, 0.29) is 55.9 Å². The fourth-order valence-electron chi connectivity index (χ4n) is 11.8. The van der Waals surface area contributed by atoms with Gasteiger partial charge in [0.2, 0.25) is 17.7 Å². The van der Waals surface area contributed by atoms with Gasteiger partial charge in [-0.25, -0.2) is 16.8 Å². The van der Waals surface area contributed by atoms with E-state index in [9.17, 15) is 50.4 Å². The molecule has 4 aromatic heterocycles. The van der Waals surface area contributed by atoms with Gasteiger partial charge in [0, 0.05) is 144 Å². The van der Waals surface area contributed by atoms with Crippen LogP contribution in [0.15, 0.2) is 265 Å². The van der Waals surface area contributed by atoms with E-state index in [1.165, 1.54) is 43.3 Å². The van der Waals surface area contributed by atoms with Gasteiger partial charge < -0.3 is 47.4 Å². The Labute approximate surface area is 689 Å². The number of carbonyl (C=O) groups is 7. The third-order valence-corrected chi connectivity index (χ3v) is 21.3. The van der Waals surface area contributed by atoms with Crippen LogP contribution in [0.2, 0.25) is 20.1 Å². The molecule has 2 aliphatic rings. The molecular formula is C85H74Cl4N14O11S2. The zero-order valence-corrected chi connectivity index (χ0v) is 67.2. The van der Waals surface area contributed by atoms with Crippen molar-refractivity contribution in [1.29, 1.82) is 0 Å². The van der Waals surface area contributed by atoms with E-state index in [0.717, 1.165) is 59.5 Å². The molecule has 590 valence electrons. The highest BCUT2D eigenvalue weighted by Gasteiger charge is 2.25. The molecule has 25 nitrogen and oxygen atoms in total. The fraction of sp³-hybridized carbons (Fsp3) is 0.118. The summed E-state index contributed by atoms with van der Waals surface area (Å²) in [6.45, 7) is 4.83. The molecule has 0 unspecified atom stereocenters. The van der Waals surface area contributed by atoms with Crippen LogP contribution in [0.3, 0.4) is 0 Å². The summed E-state index contributed by atoms with van der Waals surface area (Å²) in [5.74, 6) is -1.80. The summed E-state index contributed by atoms with van der Waals surface area (Å²) < 4.78 is 46.8. The molecule has 0 saturated carbocycles. The number of rotatable bonds is 17. The van der Waals surface area contributed by atoms with Gasteiger partial charge in [-0.3, -0.25) is 58.4 Å². The minimum atomic E-state index is -3.51. The van der Waals surface area contributed by atoms with Crippen LogP contribution in [-0.4, -0.2) is 142 Å². The Kier molecular flexibility index (Phi) is 28.0. The van der Waals surface area contributed by atoms with Crippen molar-refractivity contribution in [3.8, 4) is 45.0 Å². The van der Waals surface area contributed by atoms with E-state index < -0.39 is 37.4 Å². The topological polar surface area (TPSA) is 347 Å². The quantitative estimate of drug-likeness (QED) is 0.0416. The molecule has 8 aromatic carbocycles. The van der Waals surface area contributed by atoms with Gasteiger partial charge in [0.25, 0.3) is 23.6 Å². The van der Waals surface area contributed by atoms with Crippen molar-refractivity contribution in [2.24, 2.45) is 0 Å². The standard InChI is InChI=1S/C23H21ClN4O2.C22H19ClN4O2.C21H18ClN3O4S.C19H16ClN3O3S/c1-27-12-13-28(22(29)15-27)18-8-5-16(6-9-18)23(30)26-17-7-10-20(24)19(14-17)21-4-2-3-11-25-21;23-19-9-6-16(13-18(19)20-3-1-2-10-25-20)26-22(29)15-4-7-17(8-5-15)27-12-11-24-14-21(27)28;1-13(26)24-20-12-15(30(2,28)29)7-8-16(20)21(27)25-14-6-9-18(22)17(11-14)19-5-3-4-10-23-19;1-27(25,26)13-6-7-14(17(21)11-13)19(24)23-12-5-8-16(20)15(10-12)18-4-2-3-9-22-18/h2-11,14H,12-13,15H2,1H3,(H,26,30);1-10,13,24H,11-12,14H2,(H,26,29);3-12H,1-2H3,(H,24,26)(H,25,27);2-11H,21H2,1H3,(H,23,24). The average molecular weight is 1670 g/mol. The summed E-state index contributed by atoms with van der Waals surface area (Å²) in [7, 11) is -4.98. The molecule has 2 saturated heterocycles. The summed E-state index contributed by atoms with van der Waals surface area (Å²) in [6, 6.07) is 64.6. The van der Waals surface area contributed by atoms with E-state index in [0.29, 0.717) is 103 Å². The Morgan fingerprint density at radius 3 is 1.12 bits per heavy atom. The van der Waals surface area contributed by atoms with Crippen molar-refractivity contribution < 1.29 is 50.4 Å². The number of nitrogens with two attached hydrogens (primary N) is 1. The van der Waals surface area contributed by atoms with Crippen LogP contribution in [0, 0.1) is 0 Å². The third-order valence-electron chi connectivity index (χ3n) is 17.7. The normalized spacial score (nSPS) is 12.7. The molecule has 0 spiro atoms. The maximum absolute atomic E-state index is 12.8. The Morgan fingerprint density at radius 2 is 0.776 bits per heavy atom. The highest BCUT2D eigenvalue weighted by molar-refractivity contribution is 7.91. The van der Waals surface area contributed by atoms with Crippen molar-refractivity contribution in [2.45, 2.75) is 16.7 Å². The van der Waals surface area contributed by atoms with Crippen LogP contribution in [0.4, 0.5) is 45.5 Å². The van der Waals surface area contributed by atoms with Crippen molar-refractivity contribution in [3.05, 3.63) is 298 Å². The summed E-state index contributed by atoms with van der Waals surface area (Å²) >= 11 is 25.1. The number of hydrogen-bond donors (Lipinski definition) is 7. The monoisotopic (exact) mass is 1670 g/mol. The maximum atomic E-state index is 12.8. The van der Waals surface area contributed by atoms with Gasteiger partial charge in [0.05, 0.1) is 82.6 Å². The molecule has 6 heterocycles. The Bertz CT molecular complexity index is 5900. The number of amides is 7. The zero-order chi connectivity index (χ0) is 82.8. The molecule has 0 atom stereocenters. The number of nitrogens with one attached hydrogen (secondary N) is 6. The van der Waals surface area contributed by atoms with Crippen molar-refractivity contribution in [3.63, 3.8) is 0 Å². The van der Waals surface area contributed by atoms with Crippen molar-refractivity contribution in [1.82, 2.24) is 30.2 Å². The van der Waals surface area contributed by atoms with E-state index in [4.69, 9.17) is 52.1 Å². The molecular weight excluding hydrogens is 1600 g/mol. The van der Waals surface area contributed by atoms with Gasteiger partial charge in [-0.15, -0.1) is 0 Å². The Morgan fingerprint density at radius 1 is 0.414 bits per heavy atom. The number of nitrogens with zero attached hydrogens (tertiary/aromatic N) is 7. The number of piperazine rings is 2. The fourth-order valence-corrected chi connectivity index (χ4v) is 14.0. The van der Waals surface area contributed by atoms with Gasteiger partial charge in [-0.1, -0.05) is 70.7 Å². The minimum Gasteiger partial charge on any atom is -0.398 e. The van der Waals surface area contributed by atoms with Crippen molar-refractivity contribution in [2.75, 3.05) is 101 Å². The smallest absolute Gasteiger partial charge is 0.257 e. The first-order valence-electron chi connectivity index (χ1n) is 35.5. The number of anilines is 8. The molecule has 116 heavy (non-hydrogen) atoms. The van der Waals surface area contributed by atoms with E-state index in [1.54, 1.807) is 174 Å². The highest BCUT2D eigenvalue weighted by Crippen LogP contribution is 2.35. The maximum Gasteiger partial charge on any atom is 0.257 e. The first kappa shape index (κ1) is 84.3. The third kappa shape index (κ3) is 22.5. The van der Waals surface area contributed by atoms with Gasteiger partial charge in [0.15, 0.2) is 19.7 Å². The number of aromatic nitrogens is 4. The lowest BCUT2D eigenvalue weighted by atomic mass is 10.1. The molecule has 31 heteroatoms. The molecule has 7 amide bonds. The summed E-state index contributed by atoms with van der Waals surface area (Å²) in [5.41, 5.74) is 16.8. The number of hydrogen-bond acceptors (Lipinski definition) is 18. The number of sulfone groups is 2. The van der Waals surface area contributed by atoms with E-state index in [2.05, 4.69) is 51.8 Å². The molecule has 2 aliphatic heterocycles. The molecule has 14 rings (SSSR count). The van der Waals surface area contributed by atoms with Gasteiger partial charge in [-0.2, -0.15) is 0 Å². The number of benzene rings is 8. The van der Waals surface area contributed by atoms with Crippen LogP contribution in [0.25, 0.3) is 45.0 Å². The number of pyridine rings is 4. The molecule has 8 N–H and O–H groups in total. The number of likely N-dealkylation sites (N-methyl/N-ethyl adjacent to an activating group) is 1. The number of nitrogen functional groups attached to an aromatic ring is 1. The summed E-state index contributed by atoms with van der Waals surface area (Å²) in [6.07, 6.45) is 8.81. The Hall–Kier alpha value is -12.6. The lowest BCUT2D eigenvalue weighted by Gasteiger charge is -2.32. The second kappa shape index (κ2) is 38.5. The first-order valence-corrected chi connectivity index (χ1v) is 40.8. The predicted molar refractivity (Wildman–Crippen MR) is 456 cm³/mol. The van der Waals surface area contributed by atoms with Crippen LogP contribution in [0.1, 0.15) is 48.4 Å². The summed E-state index contributed by atoms with van der Waals surface area (Å²) in [5, 5.41) is 18.9. The predicted octanol–water partition coefficient (Wildman–Crippen LogP) is 15.2. The van der Waals surface area contributed by atoms with Crippen LogP contribution in [-0.2, 0) is 34.1 Å². The molecule has 0 radical (unpaired) electrons. The molecule has 0 aliphatic carbocycles. The Balaban J connectivity index is 0.000000152. The molecule has 12 aromatic rings. The van der Waals surface area contributed by atoms with Gasteiger partial charge >= 0.3 is 0 Å². The molecule has 2 fully saturated rings. The second-order valence-electron chi connectivity index (χ2n) is 26.2. The number of halogens is 4. The lowest BCUT2D eigenvalue weighted by molar-refractivity contribution is -0.121. The van der Waals surface area contributed by atoms with Crippen LogP contribution >= 0.6 is 46.4 Å². The van der Waals surface area contributed by atoms with E-state index >= 15 is 0 Å². The SMILES string of the molecule is CC(=O)Nc1cc(S(C)(=O)=O)ccc1C(=O)Nc1ccc(Cl)c(-c2ccccn2)c1.CN1CCN(c2ccc(C(=O)Nc3ccc(Cl)c(-c4ccccn4)c3)cc2)C(=O)C1.CS(=O)(=O)c1ccc(C(=O)Nc2ccc(Cl)c(-c3ccccn3)c2)c(N)c1.O=C(Nc1ccc(Cl)c(-c2ccccn2)c1)c1ccc(N2CCNCC2=O)cc1. The highest BCUT2D eigenvalue weighted by atomic mass is 35.5. The van der Waals surface area contributed by atoms with Crippen LogP contribution < -0.4 is 47.4 Å². The van der Waals surface area contributed by atoms with Crippen molar-refractivity contribution >= 4 is 153 Å². The zero-order valence-electron chi connectivity index (χ0n) is 62.5. The summed E-state index contributed by atoms with van der Waals surface area (Å²) in [4.78, 5) is 109. The first-order chi connectivity index (χ1) is 55.5. The minimum absolute atomic E-state index is 0.00766. The van der Waals surface area contributed by atoms with E-state index in [1.807, 2.05) is 66.5 Å². The van der Waals surface area contributed by atoms with Gasteiger partial charge in [0.1, 0.15) is 0 Å². The second-order valence-corrected chi connectivity index (χ2v) is 31.9. The number of carbonyl (C=O) groups excluding carboxylic acids is 7. The largest absolute Gasteiger partial charge is 0.398 e. The molecule has 0 bridgehead atoms. The van der Waals surface area contributed by atoms with Gasteiger partial charge in [-0.05, 0) is 213 Å². The average Bonchev–Trinajstić information content (AvgIpc) is 0.812. The lowest BCUT2D eigenvalue weighted by Crippen LogP contribution is -2.48.